The summed E-state index contributed by atoms with van der Waals surface area (Å²) in [6.45, 7) is 0. The molecule has 4 rings (SSSR count). The number of benzene rings is 2. The van der Waals surface area contributed by atoms with Crippen LogP contribution in [0.15, 0.2) is 73.1 Å². The molecule has 0 saturated heterocycles. The third kappa shape index (κ3) is 3.01. The highest BCUT2D eigenvalue weighted by molar-refractivity contribution is 5.85. The van der Waals surface area contributed by atoms with E-state index < -0.39 is 0 Å². The molecule has 0 fully saturated rings. The van der Waals surface area contributed by atoms with Gasteiger partial charge in [0.25, 0.3) is 0 Å². The smallest absolute Gasteiger partial charge is 0.230 e. The summed E-state index contributed by atoms with van der Waals surface area (Å²) >= 11 is 0. The predicted octanol–water partition coefficient (Wildman–Crippen LogP) is 4.36. The van der Waals surface area contributed by atoms with E-state index in [4.69, 9.17) is 10.00 Å². The van der Waals surface area contributed by atoms with Gasteiger partial charge >= 0.3 is 0 Å². The number of ether oxygens (including phenoxy) is 1. The predicted molar refractivity (Wildman–Crippen MR) is 94.0 cm³/mol. The van der Waals surface area contributed by atoms with Crippen LogP contribution in [0.3, 0.4) is 0 Å². The number of pyridine rings is 1. The Kier molecular flexibility index (Phi) is 3.77. The molecular formula is C20H12N4O. The molecule has 0 spiro atoms. The molecule has 0 aliphatic heterocycles. The van der Waals surface area contributed by atoms with E-state index in [1.807, 2.05) is 36.4 Å². The lowest BCUT2D eigenvalue weighted by molar-refractivity contribution is 0.469. The molecule has 0 N–H and O–H groups in total. The summed E-state index contributed by atoms with van der Waals surface area (Å²) in [5, 5.41) is 9.86. The summed E-state index contributed by atoms with van der Waals surface area (Å²) in [6.07, 6.45) is 3.40. The fourth-order valence-corrected chi connectivity index (χ4v) is 2.50. The Bertz CT molecular complexity index is 1090. The highest BCUT2D eigenvalue weighted by Crippen LogP contribution is 2.30. The fourth-order valence-electron chi connectivity index (χ4n) is 2.50. The van der Waals surface area contributed by atoms with Crippen molar-refractivity contribution in [2.24, 2.45) is 0 Å². The van der Waals surface area contributed by atoms with Gasteiger partial charge in [0.1, 0.15) is 5.75 Å². The van der Waals surface area contributed by atoms with Gasteiger partial charge in [0.05, 0.1) is 22.5 Å². The van der Waals surface area contributed by atoms with E-state index in [0.717, 1.165) is 16.5 Å². The molecule has 2 aromatic carbocycles. The molecular weight excluding hydrogens is 312 g/mol. The van der Waals surface area contributed by atoms with Gasteiger partial charge in [-0.25, -0.2) is 4.98 Å². The first-order valence-corrected chi connectivity index (χ1v) is 7.69. The first-order valence-electron chi connectivity index (χ1n) is 7.69. The second-order valence-corrected chi connectivity index (χ2v) is 5.35. The first kappa shape index (κ1) is 14.8. The molecule has 5 nitrogen and oxygen atoms in total. The molecule has 2 aromatic heterocycles. The average molecular weight is 324 g/mol. The summed E-state index contributed by atoms with van der Waals surface area (Å²) in [4.78, 5) is 13.2. The topological polar surface area (TPSA) is 71.7 Å². The number of nitriles is 1. The molecule has 0 aliphatic rings. The number of hydrogen-bond donors (Lipinski definition) is 0. The molecule has 0 atom stereocenters. The van der Waals surface area contributed by atoms with Crippen LogP contribution in [0.1, 0.15) is 5.56 Å². The van der Waals surface area contributed by atoms with E-state index in [1.165, 1.54) is 0 Å². The van der Waals surface area contributed by atoms with Gasteiger partial charge in [-0.3, -0.25) is 4.98 Å². The van der Waals surface area contributed by atoms with Crippen LogP contribution < -0.4 is 4.74 Å². The van der Waals surface area contributed by atoms with Crippen molar-refractivity contribution in [1.29, 1.82) is 5.26 Å². The summed E-state index contributed by atoms with van der Waals surface area (Å²) in [6, 6.07) is 20.5. The van der Waals surface area contributed by atoms with Crippen molar-refractivity contribution >= 4 is 10.9 Å². The van der Waals surface area contributed by atoms with Crippen LogP contribution in [0.4, 0.5) is 0 Å². The van der Waals surface area contributed by atoms with E-state index in [-0.39, 0.29) is 0 Å². The van der Waals surface area contributed by atoms with Crippen molar-refractivity contribution in [3.63, 3.8) is 0 Å². The van der Waals surface area contributed by atoms with Crippen LogP contribution in [0.5, 0.6) is 11.6 Å². The maximum Gasteiger partial charge on any atom is 0.230 e. The van der Waals surface area contributed by atoms with Crippen LogP contribution in [0, 0.1) is 11.3 Å². The van der Waals surface area contributed by atoms with E-state index >= 15 is 0 Å². The molecule has 0 radical (unpaired) electrons. The highest BCUT2D eigenvalue weighted by Gasteiger charge is 2.11. The van der Waals surface area contributed by atoms with Crippen molar-refractivity contribution in [3.05, 3.63) is 78.6 Å². The minimum atomic E-state index is 0.451. The Morgan fingerprint density at radius 3 is 2.56 bits per heavy atom. The zero-order valence-corrected chi connectivity index (χ0v) is 13.1. The summed E-state index contributed by atoms with van der Waals surface area (Å²) < 4.78 is 5.98. The Balaban J connectivity index is 1.85. The fraction of sp³-hybridized carbons (Fsp3) is 0. The lowest BCUT2D eigenvalue weighted by Gasteiger charge is -2.10. The Morgan fingerprint density at radius 1 is 0.880 bits per heavy atom. The van der Waals surface area contributed by atoms with Crippen LogP contribution >= 0.6 is 0 Å². The second kappa shape index (κ2) is 6.38. The number of fused-ring (bicyclic) bond motifs is 1. The normalized spacial score (nSPS) is 10.4. The van der Waals surface area contributed by atoms with E-state index in [0.29, 0.717) is 23.0 Å². The molecule has 0 aliphatic carbocycles. The van der Waals surface area contributed by atoms with Gasteiger partial charge < -0.3 is 4.74 Å². The van der Waals surface area contributed by atoms with Gasteiger partial charge in [0.15, 0.2) is 5.82 Å². The summed E-state index contributed by atoms with van der Waals surface area (Å²) in [5.74, 6) is 1.57. The Labute approximate surface area is 144 Å². The number of rotatable bonds is 3. The van der Waals surface area contributed by atoms with Crippen molar-refractivity contribution in [1.82, 2.24) is 15.0 Å². The van der Waals surface area contributed by atoms with E-state index in [1.54, 1.807) is 36.7 Å². The number of para-hydroxylation sites is 1. The van der Waals surface area contributed by atoms with Gasteiger partial charge in [-0.05, 0) is 42.5 Å². The minimum absolute atomic E-state index is 0.451. The highest BCUT2D eigenvalue weighted by atomic mass is 16.5. The number of hydrogen-bond acceptors (Lipinski definition) is 5. The third-order valence-electron chi connectivity index (χ3n) is 3.68. The lowest BCUT2D eigenvalue weighted by Crippen LogP contribution is -1.96. The van der Waals surface area contributed by atoms with Gasteiger partial charge in [-0.2, -0.15) is 10.2 Å². The molecule has 0 saturated carbocycles. The van der Waals surface area contributed by atoms with Crippen LogP contribution in [0.2, 0.25) is 0 Å². The molecule has 2 heterocycles. The quantitative estimate of drug-likeness (QED) is 0.560. The molecule has 25 heavy (non-hydrogen) atoms. The van der Waals surface area contributed by atoms with Crippen molar-refractivity contribution in [2.75, 3.05) is 0 Å². The van der Waals surface area contributed by atoms with Gasteiger partial charge in [0, 0.05) is 18.0 Å². The second-order valence-electron chi connectivity index (χ2n) is 5.35. The van der Waals surface area contributed by atoms with Gasteiger partial charge in [-0.15, -0.1) is 0 Å². The van der Waals surface area contributed by atoms with E-state index in [2.05, 4.69) is 21.0 Å². The molecule has 0 bridgehead atoms. The van der Waals surface area contributed by atoms with Crippen molar-refractivity contribution in [3.8, 4) is 29.1 Å². The Morgan fingerprint density at radius 2 is 1.72 bits per heavy atom. The molecule has 0 unspecified atom stereocenters. The molecule has 0 amide bonds. The summed E-state index contributed by atoms with van der Waals surface area (Å²) in [5.41, 5.74) is 2.18. The monoisotopic (exact) mass is 324 g/mol. The molecule has 5 heteroatoms. The maximum atomic E-state index is 9.06. The van der Waals surface area contributed by atoms with Crippen molar-refractivity contribution in [2.45, 2.75) is 0 Å². The maximum absolute atomic E-state index is 9.06. The first-order chi connectivity index (χ1) is 12.3. The third-order valence-corrected chi connectivity index (χ3v) is 3.68. The molecule has 118 valence electrons. The standard InChI is InChI=1S/C20H12N4O/c21-13-14-4-3-5-16(12-14)25-20-17-6-1-2-7-18(17)23-19(24-20)15-8-10-22-11-9-15/h1-12H. The number of nitrogens with zero attached hydrogens (tertiary/aromatic N) is 4. The Hall–Kier alpha value is -3.78. The molecule has 4 aromatic rings. The largest absolute Gasteiger partial charge is 0.438 e. The zero-order chi connectivity index (χ0) is 17.1. The van der Waals surface area contributed by atoms with E-state index in [9.17, 15) is 0 Å². The van der Waals surface area contributed by atoms with Crippen LogP contribution in [-0.4, -0.2) is 15.0 Å². The average Bonchev–Trinajstić information content (AvgIpc) is 2.69. The van der Waals surface area contributed by atoms with Gasteiger partial charge in [0.2, 0.25) is 5.88 Å². The minimum Gasteiger partial charge on any atom is -0.438 e. The van der Waals surface area contributed by atoms with Crippen molar-refractivity contribution < 1.29 is 4.74 Å². The van der Waals surface area contributed by atoms with Crippen LogP contribution in [0.25, 0.3) is 22.3 Å². The number of aromatic nitrogens is 3. The lowest BCUT2D eigenvalue weighted by atomic mass is 10.2. The van der Waals surface area contributed by atoms with Crippen LogP contribution in [-0.2, 0) is 0 Å². The van der Waals surface area contributed by atoms with Gasteiger partial charge in [-0.1, -0.05) is 18.2 Å². The zero-order valence-electron chi connectivity index (χ0n) is 13.1. The SMILES string of the molecule is N#Cc1cccc(Oc2nc(-c3ccncc3)nc3ccccc23)c1. The summed E-state index contributed by atoms with van der Waals surface area (Å²) in [7, 11) is 0.